The third kappa shape index (κ3) is 3.49. The van der Waals surface area contributed by atoms with Gasteiger partial charge in [0.2, 0.25) is 0 Å². The lowest BCUT2D eigenvalue weighted by atomic mass is 10.1. The van der Waals surface area contributed by atoms with E-state index in [0.717, 1.165) is 22.9 Å². The SMILES string of the molecule is COc1ccc(CSc2ccc(F)cc2F)cc1CN. The van der Waals surface area contributed by atoms with E-state index in [1.807, 2.05) is 18.2 Å². The van der Waals surface area contributed by atoms with Crippen molar-refractivity contribution >= 4 is 11.8 Å². The minimum Gasteiger partial charge on any atom is -0.496 e. The average molecular weight is 295 g/mol. The standard InChI is InChI=1S/C15H15F2NOS/c1-19-14-4-2-10(6-11(14)8-18)9-20-15-5-3-12(16)7-13(15)17/h2-7H,8-9,18H2,1H3. The van der Waals surface area contributed by atoms with E-state index in [1.54, 1.807) is 7.11 Å². The Morgan fingerprint density at radius 3 is 2.60 bits per heavy atom. The van der Waals surface area contributed by atoms with Gasteiger partial charge >= 0.3 is 0 Å². The van der Waals surface area contributed by atoms with Gasteiger partial charge in [-0.1, -0.05) is 6.07 Å². The molecule has 0 atom stereocenters. The van der Waals surface area contributed by atoms with E-state index in [2.05, 4.69) is 0 Å². The van der Waals surface area contributed by atoms with Gasteiger partial charge in [-0.15, -0.1) is 11.8 Å². The normalized spacial score (nSPS) is 10.6. The van der Waals surface area contributed by atoms with E-state index in [1.165, 1.54) is 23.9 Å². The highest BCUT2D eigenvalue weighted by molar-refractivity contribution is 7.98. The number of hydrogen-bond donors (Lipinski definition) is 1. The van der Waals surface area contributed by atoms with Crippen LogP contribution >= 0.6 is 11.8 Å². The average Bonchev–Trinajstić information content (AvgIpc) is 2.46. The summed E-state index contributed by atoms with van der Waals surface area (Å²) in [6, 6.07) is 9.29. The molecule has 0 radical (unpaired) electrons. The Bertz CT molecular complexity index is 604. The predicted octanol–water partition coefficient (Wildman–Crippen LogP) is 3.72. The van der Waals surface area contributed by atoms with E-state index < -0.39 is 11.6 Å². The Labute approximate surface area is 120 Å². The first-order chi connectivity index (χ1) is 9.63. The van der Waals surface area contributed by atoms with E-state index in [-0.39, 0.29) is 0 Å². The molecule has 0 bridgehead atoms. The van der Waals surface area contributed by atoms with Crippen LogP contribution in [0, 0.1) is 11.6 Å². The van der Waals surface area contributed by atoms with Crippen molar-refractivity contribution in [1.29, 1.82) is 0 Å². The van der Waals surface area contributed by atoms with Gasteiger partial charge in [-0.3, -0.25) is 0 Å². The Kier molecular flexibility index (Phi) is 4.98. The Balaban J connectivity index is 2.10. The number of methoxy groups -OCH3 is 1. The van der Waals surface area contributed by atoms with Crippen molar-refractivity contribution in [3.8, 4) is 5.75 Å². The number of hydrogen-bond acceptors (Lipinski definition) is 3. The molecule has 2 aromatic carbocycles. The van der Waals surface area contributed by atoms with Crippen LogP contribution in [0.1, 0.15) is 11.1 Å². The maximum Gasteiger partial charge on any atom is 0.139 e. The molecule has 0 aromatic heterocycles. The lowest BCUT2D eigenvalue weighted by Gasteiger charge is -2.09. The molecule has 0 saturated carbocycles. The van der Waals surface area contributed by atoms with Crippen LogP contribution in [0.15, 0.2) is 41.3 Å². The van der Waals surface area contributed by atoms with Gasteiger partial charge in [0.1, 0.15) is 17.4 Å². The van der Waals surface area contributed by atoms with Crippen LogP contribution in [-0.2, 0) is 12.3 Å². The smallest absolute Gasteiger partial charge is 0.139 e. The van der Waals surface area contributed by atoms with Crippen molar-refractivity contribution in [2.45, 2.75) is 17.2 Å². The lowest BCUT2D eigenvalue weighted by Crippen LogP contribution is -2.00. The third-order valence-corrected chi connectivity index (χ3v) is 3.97. The topological polar surface area (TPSA) is 35.2 Å². The number of ether oxygens (including phenoxy) is 1. The minimum absolute atomic E-state index is 0.382. The van der Waals surface area contributed by atoms with Crippen LogP contribution < -0.4 is 10.5 Å². The molecule has 20 heavy (non-hydrogen) atoms. The van der Waals surface area contributed by atoms with Gasteiger partial charge in [-0.25, -0.2) is 8.78 Å². The van der Waals surface area contributed by atoms with Crippen molar-refractivity contribution in [1.82, 2.24) is 0 Å². The Morgan fingerprint density at radius 1 is 1.15 bits per heavy atom. The van der Waals surface area contributed by atoms with Gasteiger partial charge < -0.3 is 10.5 Å². The van der Waals surface area contributed by atoms with Gasteiger partial charge in [-0.05, 0) is 29.8 Å². The summed E-state index contributed by atoms with van der Waals surface area (Å²) in [5.41, 5.74) is 7.58. The predicted molar refractivity (Wildman–Crippen MR) is 76.8 cm³/mol. The highest BCUT2D eigenvalue weighted by Gasteiger charge is 2.07. The number of halogens is 2. The lowest BCUT2D eigenvalue weighted by molar-refractivity contribution is 0.409. The van der Waals surface area contributed by atoms with Gasteiger partial charge in [0.15, 0.2) is 0 Å². The summed E-state index contributed by atoms with van der Waals surface area (Å²) in [6.07, 6.45) is 0. The summed E-state index contributed by atoms with van der Waals surface area (Å²) in [7, 11) is 1.59. The fraction of sp³-hybridized carbons (Fsp3) is 0.200. The Hall–Kier alpha value is -1.59. The van der Waals surface area contributed by atoms with Crippen molar-refractivity contribution < 1.29 is 13.5 Å². The van der Waals surface area contributed by atoms with Gasteiger partial charge in [-0.2, -0.15) is 0 Å². The molecule has 0 fully saturated rings. The molecule has 0 aliphatic carbocycles. The van der Waals surface area contributed by atoms with Crippen LogP contribution in [0.4, 0.5) is 8.78 Å². The number of nitrogens with two attached hydrogens (primary N) is 1. The van der Waals surface area contributed by atoms with E-state index in [9.17, 15) is 8.78 Å². The van der Waals surface area contributed by atoms with Crippen molar-refractivity contribution in [3.05, 3.63) is 59.2 Å². The second-order valence-electron chi connectivity index (χ2n) is 4.21. The fourth-order valence-corrected chi connectivity index (χ4v) is 2.70. The van der Waals surface area contributed by atoms with Crippen molar-refractivity contribution in [2.75, 3.05) is 7.11 Å². The summed E-state index contributed by atoms with van der Waals surface area (Å²) >= 11 is 1.32. The van der Waals surface area contributed by atoms with Crippen LogP contribution in [0.5, 0.6) is 5.75 Å². The molecule has 0 aliphatic heterocycles. The highest BCUT2D eigenvalue weighted by Crippen LogP contribution is 2.28. The maximum absolute atomic E-state index is 13.5. The van der Waals surface area contributed by atoms with Gasteiger partial charge in [0.25, 0.3) is 0 Å². The number of benzene rings is 2. The summed E-state index contributed by atoms with van der Waals surface area (Å²) in [5, 5.41) is 0. The molecule has 5 heteroatoms. The van der Waals surface area contributed by atoms with E-state index in [0.29, 0.717) is 17.2 Å². The molecule has 2 rings (SSSR count). The zero-order chi connectivity index (χ0) is 14.5. The number of thioether (sulfide) groups is 1. The first-order valence-corrected chi connectivity index (χ1v) is 7.06. The third-order valence-electron chi connectivity index (χ3n) is 2.85. The first kappa shape index (κ1) is 14.8. The van der Waals surface area contributed by atoms with E-state index >= 15 is 0 Å². The van der Waals surface area contributed by atoms with Crippen LogP contribution in [0.3, 0.4) is 0 Å². The second-order valence-corrected chi connectivity index (χ2v) is 5.23. The molecule has 2 nitrogen and oxygen atoms in total. The molecular formula is C15H15F2NOS. The quantitative estimate of drug-likeness (QED) is 0.854. The van der Waals surface area contributed by atoms with Crippen LogP contribution in [0.2, 0.25) is 0 Å². The van der Waals surface area contributed by atoms with Crippen molar-refractivity contribution in [2.24, 2.45) is 5.73 Å². The molecule has 2 aromatic rings. The largest absolute Gasteiger partial charge is 0.496 e. The molecule has 0 amide bonds. The first-order valence-electron chi connectivity index (χ1n) is 6.07. The summed E-state index contributed by atoms with van der Waals surface area (Å²) < 4.78 is 31.5. The molecule has 0 spiro atoms. The molecular weight excluding hydrogens is 280 g/mol. The zero-order valence-electron chi connectivity index (χ0n) is 11.0. The minimum atomic E-state index is -0.568. The van der Waals surface area contributed by atoms with Gasteiger partial charge in [0.05, 0.1) is 7.11 Å². The summed E-state index contributed by atoms with van der Waals surface area (Å²) in [5.74, 6) is 0.220. The monoisotopic (exact) mass is 295 g/mol. The maximum atomic E-state index is 13.5. The van der Waals surface area contributed by atoms with E-state index in [4.69, 9.17) is 10.5 Å². The Morgan fingerprint density at radius 2 is 1.95 bits per heavy atom. The van der Waals surface area contributed by atoms with Gasteiger partial charge in [0, 0.05) is 28.8 Å². The highest BCUT2D eigenvalue weighted by atomic mass is 32.2. The molecule has 0 saturated heterocycles. The fourth-order valence-electron chi connectivity index (χ4n) is 1.83. The van der Waals surface area contributed by atoms with Crippen molar-refractivity contribution in [3.63, 3.8) is 0 Å². The zero-order valence-corrected chi connectivity index (χ0v) is 11.8. The molecule has 0 aliphatic rings. The number of rotatable bonds is 5. The molecule has 0 heterocycles. The molecule has 106 valence electrons. The molecule has 2 N–H and O–H groups in total. The van der Waals surface area contributed by atoms with Crippen LogP contribution in [0.25, 0.3) is 0 Å². The second kappa shape index (κ2) is 6.72. The summed E-state index contributed by atoms with van der Waals surface area (Å²) in [6.45, 7) is 0.382. The summed E-state index contributed by atoms with van der Waals surface area (Å²) in [4.78, 5) is 0.427. The van der Waals surface area contributed by atoms with Crippen LogP contribution in [-0.4, -0.2) is 7.11 Å². The molecule has 0 unspecified atom stereocenters.